The number of ether oxygens (including phenoxy) is 2. The molecular weight excluding hydrogens is 240 g/mol. The van der Waals surface area contributed by atoms with Gasteiger partial charge in [0, 0.05) is 0 Å². The van der Waals surface area contributed by atoms with E-state index >= 15 is 0 Å². The zero-order valence-corrected chi connectivity index (χ0v) is 12.1. The summed E-state index contributed by atoms with van der Waals surface area (Å²) in [7, 11) is 0. The highest BCUT2D eigenvalue weighted by molar-refractivity contribution is 5.90. The van der Waals surface area contributed by atoms with Crippen LogP contribution in [0.15, 0.2) is 24.3 Å². The Balaban J connectivity index is 0.000000300. The van der Waals surface area contributed by atoms with E-state index in [-0.39, 0.29) is 5.97 Å². The minimum Gasteiger partial charge on any atom is -0.462 e. The maximum Gasteiger partial charge on any atom is 0.338 e. The van der Waals surface area contributed by atoms with E-state index in [1.807, 2.05) is 25.1 Å². The molecule has 0 saturated carbocycles. The molecule has 1 unspecified atom stereocenters. The van der Waals surface area contributed by atoms with E-state index in [0.29, 0.717) is 18.3 Å². The molecule has 19 heavy (non-hydrogen) atoms. The third-order valence-corrected chi connectivity index (χ3v) is 2.95. The van der Waals surface area contributed by atoms with Crippen LogP contribution in [0.5, 0.6) is 0 Å². The van der Waals surface area contributed by atoms with Crippen molar-refractivity contribution in [3.63, 3.8) is 0 Å². The van der Waals surface area contributed by atoms with Crippen LogP contribution in [-0.2, 0) is 9.47 Å². The number of hydrogen-bond donors (Lipinski definition) is 0. The molecule has 1 fully saturated rings. The molecule has 106 valence electrons. The molecule has 0 spiro atoms. The molecule has 0 N–H and O–H groups in total. The third kappa shape index (κ3) is 6.39. The maximum absolute atomic E-state index is 11.5. The number of epoxide rings is 1. The maximum atomic E-state index is 11.5. The van der Waals surface area contributed by atoms with Gasteiger partial charge in [0.05, 0.1) is 24.9 Å². The number of carbonyl (C=O) groups excluding carboxylic acids is 1. The van der Waals surface area contributed by atoms with Crippen LogP contribution in [0.1, 0.15) is 49.0 Å². The summed E-state index contributed by atoms with van der Waals surface area (Å²) in [6, 6.07) is 7.47. The Morgan fingerprint density at radius 1 is 1.37 bits per heavy atom. The molecule has 2 rings (SSSR count). The van der Waals surface area contributed by atoms with Gasteiger partial charge in [-0.1, -0.05) is 38.5 Å². The standard InChI is InChI=1S/C12H16O2.C4H8O/c1-3-4-9-14-12(13)11-8-6-5-7-10(11)2;1-2-4-3-5-4/h5-8H,3-4,9H2,1-2H3;4H,2-3H2,1H3. The highest BCUT2D eigenvalue weighted by Crippen LogP contribution is 2.11. The third-order valence-electron chi connectivity index (χ3n) is 2.95. The van der Waals surface area contributed by atoms with E-state index < -0.39 is 0 Å². The smallest absolute Gasteiger partial charge is 0.338 e. The fourth-order valence-corrected chi connectivity index (χ4v) is 1.49. The Labute approximate surface area is 115 Å². The number of rotatable bonds is 5. The van der Waals surface area contributed by atoms with Crippen LogP contribution in [0.3, 0.4) is 0 Å². The first kappa shape index (κ1) is 15.7. The molecule has 0 aromatic heterocycles. The first-order valence-corrected chi connectivity index (χ1v) is 7.03. The topological polar surface area (TPSA) is 38.8 Å². The van der Waals surface area contributed by atoms with E-state index in [4.69, 9.17) is 9.47 Å². The summed E-state index contributed by atoms with van der Waals surface area (Å²) >= 11 is 0. The second kappa shape index (κ2) is 8.70. The second-order valence-corrected chi connectivity index (χ2v) is 4.67. The molecule has 1 aromatic carbocycles. The normalized spacial score (nSPS) is 16.3. The quantitative estimate of drug-likeness (QED) is 0.462. The van der Waals surface area contributed by atoms with Crippen LogP contribution in [0.4, 0.5) is 0 Å². The Kier molecular flexibility index (Phi) is 7.19. The van der Waals surface area contributed by atoms with Gasteiger partial charge in [-0.3, -0.25) is 0 Å². The van der Waals surface area contributed by atoms with Gasteiger partial charge in [0.2, 0.25) is 0 Å². The van der Waals surface area contributed by atoms with Crippen molar-refractivity contribution in [1.29, 1.82) is 0 Å². The molecule has 1 heterocycles. The first-order chi connectivity index (χ1) is 9.19. The van der Waals surface area contributed by atoms with Crippen LogP contribution in [0.2, 0.25) is 0 Å². The SMILES string of the molecule is CCC1CO1.CCCCOC(=O)c1ccccc1C. The number of hydrogen-bond acceptors (Lipinski definition) is 3. The van der Waals surface area contributed by atoms with Crippen molar-refractivity contribution in [2.24, 2.45) is 0 Å². The van der Waals surface area contributed by atoms with Crippen LogP contribution >= 0.6 is 0 Å². The first-order valence-electron chi connectivity index (χ1n) is 7.03. The van der Waals surface area contributed by atoms with Crippen molar-refractivity contribution in [3.8, 4) is 0 Å². The Hall–Kier alpha value is -1.35. The largest absolute Gasteiger partial charge is 0.462 e. The molecule has 3 nitrogen and oxygen atoms in total. The van der Waals surface area contributed by atoms with Gasteiger partial charge in [0.15, 0.2) is 0 Å². The zero-order valence-electron chi connectivity index (χ0n) is 12.1. The average molecular weight is 264 g/mol. The molecule has 1 aliphatic heterocycles. The molecule has 0 amide bonds. The zero-order chi connectivity index (χ0) is 14.1. The lowest BCUT2D eigenvalue weighted by Crippen LogP contribution is -2.07. The van der Waals surface area contributed by atoms with Crippen LogP contribution in [0, 0.1) is 6.92 Å². The van der Waals surface area contributed by atoms with Gasteiger partial charge in [-0.25, -0.2) is 4.79 Å². The summed E-state index contributed by atoms with van der Waals surface area (Å²) in [4.78, 5) is 11.5. The fraction of sp³-hybridized carbons (Fsp3) is 0.562. The Bertz CT molecular complexity index is 383. The number of carbonyl (C=O) groups is 1. The minimum atomic E-state index is -0.212. The second-order valence-electron chi connectivity index (χ2n) is 4.67. The molecule has 0 bridgehead atoms. The molecule has 1 aliphatic rings. The lowest BCUT2D eigenvalue weighted by Gasteiger charge is -2.05. The summed E-state index contributed by atoms with van der Waals surface area (Å²) in [6.07, 6.45) is 3.80. The molecular formula is C16H24O3. The molecule has 3 heteroatoms. The van der Waals surface area contributed by atoms with Gasteiger partial charge in [0.25, 0.3) is 0 Å². The van der Waals surface area contributed by atoms with E-state index in [1.54, 1.807) is 6.07 Å². The van der Waals surface area contributed by atoms with Crippen molar-refractivity contribution in [2.75, 3.05) is 13.2 Å². The summed E-state index contributed by atoms with van der Waals surface area (Å²) < 4.78 is 9.97. The average Bonchev–Trinajstić information content (AvgIpc) is 3.24. The number of benzene rings is 1. The van der Waals surface area contributed by atoms with Crippen LogP contribution < -0.4 is 0 Å². The summed E-state index contributed by atoms with van der Waals surface area (Å²) in [5.74, 6) is -0.212. The van der Waals surface area contributed by atoms with E-state index in [2.05, 4.69) is 13.8 Å². The summed E-state index contributed by atoms with van der Waals surface area (Å²) in [6.45, 7) is 7.65. The van der Waals surface area contributed by atoms with Gasteiger partial charge < -0.3 is 9.47 Å². The molecule has 0 radical (unpaired) electrons. The summed E-state index contributed by atoms with van der Waals surface area (Å²) in [5, 5.41) is 0. The van der Waals surface area contributed by atoms with Crippen LogP contribution in [0.25, 0.3) is 0 Å². The predicted octanol–water partition coefficient (Wildman–Crippen LogP) is 3.75. The van der Waals surface area contributed by atoms with Gasteiger partial charge in [-0.2, -0.15) is 0 Å². The van der Waals surface area contributed by atoms with Crippen molar-refractivity contribution < 1.29 is 14.3 Å². The Morgan fingerprint density at radius 3 is 2.53 bits per heavy atom. The fourth-order valence-electron chi connectivity index (χ4n) is 1.49. The minimum absolute atomic E-state index is 0.212. The monoisotopic (exact) mass is 264 g/mol. The van der Waals surface area contributed by atoms with E-state index in [9.17, 15) is 4.79 Å². The number of esters is 1. The number of unbranched alkanes of at least 4 members (excludes halogenated alkanes) is 1. The number of aryl methyl sites for hydroxylation is 1. The van der Waals surface area contributed by atoms with Gasteiger partial charge in [0.1, 0.15) is 0 Å². The van der Waals surface area contributed by atoms with Crippen molar-refractivity contribution >= 4 is 5.97 Å². The predicted molar refractivity (Wildman–Crippen MR) is 76.4 cm³/mol. The van der Waals surface area contributed by atoms with Gasteiger partial charge >= 0.3 is 5.97 Å². The van der Waals surface area contributed by atoms with Gasteiger partial charge in [-0.15, -0.1) is 0 Å². The lowest BCUT2D eigenvalue weighted by atomic mass is 10.1. The summed E-state index contributed by atoms with van der Waals surface area (Å²) in [5.41, 5.74) is 1.64. The Morgan fingerprint density at radius 2 is 2.05 bits per heavy atom. The lowest BCUT2D eigenvalue weighted by molar-refractivity contribution is 0.0499. The van der Waals surface area contributed by atoms with Crippen molar-refractivity contribution in [1.82, 2.24) is 0 Å². The van der Waals surface area contributed by atoms with Gasteiger partial charge in [-0.05, 0) is 31.4 Å². The molecule has 1 aromatic rings. The molecule has 1 atom stereocenters. The van der Waals surface area contributed by atoms with Crippen LogP contribution in [-0.4, -0.2) is 25.3 Å². The molecule has 1 saturated heterocycles. The van der Waals surface area contributed by atoms with E-state index in [1.165, 1.54) is 6.42 Å². The van der Waals surface area contributed by atoms with Crippen molar-refractivity contribution in [3.05, 3.63) is 35.4 Å². The highest BCUT2D eigenvalue weighted by atomic mass is 16.6. The molecule has 0 aliphatic carbocycles. The van der Waals surface area contributed by atoms with Crippen molar-refractivity contribution in [2.45, 2.75) is 46.1 Å². The highest BCUT2D eigenvalue weighted by Gasteiger charge is 2.18. The van der Waals surface area contributed by atoms with E-state index in [0.717, 1.165) is 25.0 Å².